The molecule has 0 saturated heterocycles. The number of para-hydroxylation sites is 1. The summed E-state index contributed by atoms with van der Waals surface area (Å²) in [5.41, 5.74) is 1.34. The standard InChI is InChI=1S/C17H14N2O2/c1-13(20)17-11-12-19(18-17)14-7-9-16(10-8-14)21-15-5-3-2-4-6-15/h2-12H,1H3. The molecular weight excluding hydrogens is 264 g/mol. The first-order valence-electron chi connectivity index (χ1n) is 6.62. The molecule has 0 aliphatic heterocycles. The highest BCUT2D eigenvalue weighted by Gasteiger charge is 2.05. The molecule has 0 radical (unpaired) electrons. The lowest BCUT2D eigenvalue weighted by atomic mass is 10.3. The van der Waals surface area contributed by atoms with Gasteiger partial charge < -0.3 is 4.74 Å². The second-order valence-corrected chi connectivity index (χ2v) is 4.61. The van der Waals surface area contributed by atoms with Crippen LogP contribution in [0.25, 0.3) is 5.69 Å². The van der Waals surface area contributed by atoms with Crippen molar-refractivity contribution in [2.24, 2.45) is 0 Å². The van der Waals surface area contributed by atoms with Gasteiger partial charge in [-0.2, -0.15) is 5.10 Å². The Morgan fingerprint density at radius 3 is 2.24 bits per heavy atom. The number of nitrogens with zero attached hydrogens (tertiary/aromatic N) is 2. The van der Waals surface area contributed by atoms with Crippen molar-refractivity contribution >= 4 is 5.78 Å². The molecule has 3 aromatic rings. The van der Waals surface area contributed by atoms with Crippen LogP contribution in [0.3, 0.4) is 0 Å². The van der Waals surface area contributed by atoms with Crippen LogP contribution in [0.4, 0.5) is 0 Å². The summed E-state index contributed by atoms with van der Waals surface area (Å²) in [5, 5.41) is 4.22. The molecule has 0 atom stereocenters. The van der Waals surface area contributed by atoms with Crippen molar-refractivity contribution in [3.05, 3.63) is 72.6 Å². The van der Waals surface area contributed by atoms with E-state index in [-0.39, 0.29) is 5.78 Å². The fourth-order valence-electron chi connectivity index (χ4n) is 1.95. The number of hydrogen-bond acceptors (Lipinski definition) is 3. The van der Waals surface area contributed by atoms with Crippen molar-refractivity contribution in [2.75, 3.05) is 0 Å². The molecule has 0 fully saturated rings. The molecule has 0 N–H and O–H groups in total. The number of rotatable bonds is 4. The smallest absolute Gasteiger partial charge is 0.179 e. The highest BCUT2D eigenvalue weighted by atomic mass is 16.5. The van der Waals surface area contributed by atoms with Gasteiger partial charge in [0.15, 0.2) is 5.78 Å². The van der Waals surface area contributed by atoms with E-state index in [1.807, 2.05) is 54.6 Å². The summed E-state index contributed by atoms with van der Waals surface area (Å²) in [6.07, 6.45) is 1.77. The number of hydrogen-bond donors (Lipinski definition) is 0. The van der Waals surface area contributed by atoms with Gasteiger partial charge in [0.05, 0.1) is 5.69 Å². The van der Waals surface area contributed by atoms with Crippen LogP contribution in [0.5, 0.6) is 11.5 Å². The lowest BCUT2D eigenvalue weighted by Crippen LogP contribution is -1.98. The topological polar surface area (TPSA) is 44.1 Å². The van der Waals surface area contributed by atoms with Crippen molar-refractivity contribution < 1.29 is 9.53 Å². The Balaban J connectivity index is 1.78. The summed E-state index contributed by atoms with van der Waals surface area (Å²) in [6.45, 7) is 1.50. The van der Waals surface area contributed by atoms with Gasteiger partial charge in [-0.05, 0) is 42.5 Å². The zero-order chi connectivity index (χ0) is 14.7. The first-order valence-corrected chi connectivity index (χ1v) is 6.62. The molecule has 21 heavy (non-hydrogen) atoms. The molecule has 0 spiro atoms. The molecule has 1 aromatic heterocycles. The normalized spacial score (nSPS) is 10.3. The van der Waals surface area contributed by atoms with Crippen LogP contribution in [0.2, 0.25) is 0 Å². The minimum absolute atomic E-state index is 0.0437. The summed E-state index contributed by atoms with van der Waals surface area (Å²) in [4.78, 5) is 11.3. The number of carbonyl (C=O) groups excluding carboxylic acids is 1. The van der Waals surface area contributed by atoms with Gasteiger partial charge in [0, 0.05) is 13.1 Å². The predicted molar refractivity (Wildman–Crippen MR) is 80.1 cm³/mol. The Bertz CT molecular complexity index is 746. The third-order valence-electron chi connectivity index (χ3n) is 3.03. The average molecular weight is 278 g/mol. The zero-order valence-electron chi connectivity index (χ0n) is 11.6. The minimum atomic E-state index is -0.0437. The summed E-state index contributed by atoms with van der Waals surface area (Å²) in [6, 6.07) is 18.9. The molecule has 0 bridgehead atoms. The molecule has 0 unspecified atom stereocenters. The largest absolute Gasteiger partial charge is 0.457 e. The van der Waals surface area contributed by atoms with Gasteiger partial charge >= 0.3 is 0 Å². The van der Waals surface area contributed by atoms with Crippen LogP contribution in [-0.2, 0) is 0 Å². The molecule has 0 amide bonds. The van der Waals surface area contributed by atoms with E-state index in [9.17, 15) is 4.79 Å². The summed E-state index contributed by atoms with van der Waals surface area (Å²) >= 11 is 0. The SMILES string of the molecule is CC(=O)c1ccn(-c2ccc(Oc3ccccc3)cc2)n1. The van der Waals surface area contributed by atoms with Crippen molar-refractivity contribution in [1.29, 1.82) is 0 Å². The van der Waals surface area contributed by atoms with Crippen LogP contribution < -0.4 is 4.74 Å². The van der Waals surface area contributed by atoms with E-state index in [1.165, 1.54) is 6.92 Å². The molecule has 3 rings (SSSR count). The molecule has 4 heteroatoms. The van der Waals surface area contributed by atoms with Crippen LogP contribution in [0.15, 0.2) is 66.9 Å². The Morgan fingerprint density at radius 1 is 0.952 bits per heavy atom. The summed E-state index contributed by atoms with van der Waals surface area (Å²) < 4.78 is 7.40. The van der Waals surface area contributed by atoms with Gasteiger partial charge in [-0.15, -0.1) is 0 Å². The van der Waals surface area contributed by atoms with Crippen molar-refractivity contribution in [3.8, 4) is 17.2 Å². The van der Waals surface area contributed by atoms with Crippen LogP contribution in [0, 0.1) is 0 Å². The average Bonchev–Trinajstić information content (AvgIpc) is 2.99. The molecule has 2 aromatic carbocycles. The maximum absolute atomic E-state index is 11.3. The van der Waals surface area contributed by atoms with E-state index in [2.05, 4.69) is 5.10 Å². The first kappa shape index (κ1) is 13.1. The number of carbonyl (C=O) groups is 1. The van der Waals surface area contributed by atoms with Gasteiger partial charge in [-0.3, -0.25) is 4.79 Å². The van der Waals surface area contributed by atoms with E-state index >= 15 is 0 Å². The molecule has 0 aliphatic rings. The van der Waals surface area contributed by atoms with Gasteiger partial charge in [0.2, 0.25) is 0 Å². The summed E-state index contributed by atoms with van der Waals surface area (Å²) in [7, 11) is 0. The lowest BCUT2D eigenvalue weighted by Gasteiger charge is -2.06. The molecular formula is C17H14N2O2. The maximum Gasteiger partial charge on any atom is 0.179 e. The minimum Gasteiger partial charge on any atom is -0.457 e. The van der Waals surface area contributed by atoms with Gasteiger partial charge in [-0.25, -0.2) is 4.68 Å². The van der Waals surface area contributed by atoms with Crippen LogP contribution in [0.1, 0.15) is 17.4 Å². The van der Waals surface area contributed by atoms with Gasteiger partial charge in [0.1, 0.15) is 17.2 Å². The Labute approximate surface area is 122 Å². The quantitative estimate of drug-likeness (QED) is 0.680. The van der Waals surface area contributed by atoms with Crippen LogP contribution >= 0.6 is 0 Å². The van der Waals surface area contributed by atoms with Gasteiger partial charge in [0.25, 0.3) is 0 Å². The van der Waals surface area contributed by atoms with E-state index in [1.54, 1.807) is 16.9 Å². The fourth-order valence-corrected chi connectivity index (χ4v) is 1.95. The number of ether oxygens (including phenoxy) is 1. The number of Topliss-reactive ketones (excluding diaryl/α,β-unsaturated/α-hetero) is 1. The molecule has 4 nitrogen and oxygen atoms in total. The second-order valence-electron chi connectivity index (χ2n) is 4.61. The predicted octanol–water partition coefficient (Wildman–Crippen LogP) is 3.87. The number of benzene rings is 2. The first-order chi connectivity index (χ1) is 10.2. The second kappa shape index (κ2) is 5.63. The Morgan fingerprint density at radius 2 is 1.62 bits per heavy atom. The zero-order valence-corrected chi connectivity index (χ0v) is 11.6. The third-order valence-corrected chi connectivity index (χ3v) is 3.03. The van der Waals surface area contributed by atoms with E-state index in [0.717, 1.165) is 17.2 Å². The number of ketones is 1. The van der Waals surface area contributed by atoms with E-state index in [0.29, 0.717) is 5.69 Å². The lowest BCUT2D eigenvalue weighted by molar-refractivity contribution is 0.101. The molecule has 0 saturated carbocycles. The number of aromatic nitrogens is 2. The van der Waals surface area contributed by atoms with Crippen molar-refractivity contribution in [2.45, 2.75) is 6.92 Å². The summed E-state index contributed by atoms with van der Waals surface area (Å²) in [5.74, 6) is 1.50. The van der Waals surface area contributed by atoms with Crippen molar-refractivity contribution in [1.82, 2.24) is 9.78 Å². The Kier molecular flexibility index (Phi) is 3.51. The third kappa shape index (κ3) is 3.00. The monoisotopic (exact) mass is 278 g/mol. The van der Waals surface area contributed by atoms with Gasteiger partial charge in [-0.1, -0.05) is 18.2 Å². The maximum atomic E-state index is 11.3. The fraction of sp³-hybridized carbons (Fsp3) is 0.0588. The molecule has 1 heterocycles. The van der Waals surface area contributed by atoms with E-state index in [4.69, 9.17) is 4.74 Å². The van der Waals surface area contributed by atoms with Crippen molar-refractivity contribution in [3.63, 3.8) is 0 Å². The Hall–Kier alpha value is -2.88. The molecule has 104 valence electrons. The highest BCUT2D eigenvalue weighted by molar-refractivity contribution is 5.91. The highest BCUT2D eigenvalue weighted by Crippen LogP contribution is 2.22. The molecule has 0 aliphatic carbocycles. The van der Waals surface area contributed by atoms with E-state index < -0.39 is 0 Å². The van der Waals surface area contributed by atoms with Crippen LogP contribution in [-0.4, -0.2) is 15.6 Å².